The van der Waals surface area contributed by atoms with Gasteiger partial charge in [-0.05, 0) is 24.1 Å². The molecule has 5 heteroatoms. The maximum Gasteiger partial charge on any atom is 0.433 e. The quantitative estimate of drug-likeness (QED) is 0.801. The van der Waals surface area contributed by atoms with E-state index in [-0.39, 0.29) is 5.92 Å². The zero-order valence-electron chi connectivity index (χ0n) is 7.67. The van der Waals surface area contributed by atoms with Gasteiger partial charge in [-0.3, -0.25) is 4.98 Å². The van der Waals surface area contributed by atoms with Crippen LogP contribution in [0.4, 0.5) is 13.2 Å². The SMILES string of the molecule is C[C@@H](CN)c1ccc(C(F)(F)F)nc1. The fourth-order valence-corrected chi connectivity index (χ4v) is 1.00. The monoisotopic (exact) mass is 204 g/mol. The second kappa shape index (κ2) is 3.96. The Kier molecular flexibility index (Phi) is 3.10. The summed E-state index contributed by atoms with van der Waals surface area (Å²) in [5, 5.41) is 0. The summed E-state index contributed by atoms with van der Waals surface area (Å²) in [5.74, 6) is 0.0322. The van der Waals surface area contributed by atoms with Crippen molar-refractivity contribution >= 4 is 0 Å². The van der Waals surface area contributed by atoms with Gasteiger partial charge in [0.15, 0.2) is 0 Å². The number of nitrogens with zero attached hydrogens (tertiary/aromatic N) is 1. The molecule has 1 rings (SSSR count). The Morgan fingerprint density at radius 3 is 2.43 bits per heavy atom. The highest BCUT2D eigenvalue weighted by molar-refractivity contribution is 5.19. The van der Waals surface area contributed by atoms with Gasteiger partial charge in [-0.2, -0.15) is 13.2 Å². The molecular formula is C9H11F3N2. The van der Waals surface area contributed by atoms with Crippen molar-refractivity contribution in [1.29, 1.82) is 0 Å². The lowest BCUT2D eigenvalue weighted by atomic mass is 10.0. The van der Waals surface area contributed by atoms with Crippen LogP contribution in [-0.4, -0.2) is 11.5 Å². The molecule has 0 radical (unpaired) electrons. The van der Waals surface area contributed by atoms with Crippen LogP contribution in [0.3, 0.4) is 0 Å². The molecule has 2 N–H and O–H groups in total. The summed E-state index contributed by atoms with van der Waals surface area (Å²) in [4.78, 5) is 3.34. The third kappa shape index (κ3) is 2.45. The molecule has 14 heavy (non-hydrogen) atoms. The van der Waals surface area contributed by atoms with E-state index in [4.69, 9.17) is 5.73 Å². The summed E-state index contributed by atoms with van der Waals surface area (Å²) < 4.78 is 36.3. The summed E-state index contributed by atoms with van der Waals surface area (Å²) in [6, 6.07) is 2.38. The first-order valence-corrected chi connectivity index (χ1v) is 4.18. The Morgan fingerprint density at radius 1 is 1.43 bits per heavy atom. The van der Waals surface area contributed by atoms with Gasteiger partial charge in [0, 0.05) is 6.20 Å². The van der Waals surface area contributed by atoms with Crippen LogP contribution < -0.4 is 5.73 Å². The fraction of sp³-hybridized carbons (Fsp3) is 0.444. The summed E-state index contributed by atoms with van der Waals surface area (Å²) in [6.45, 7) is 2.23. The average Bonchev–Trinajstić information content (AvgIpc) is 2.15. The van der Waals surface area contributed by atoms with Crippen LogP contribution in [0.5, 0.6) is 0 Å². The molecule has 1 heterocycles. The first kappa shape index (κ1) is 11.0. The number of aromatic nitrogens is 1. The third-order valence-electron chi connectivity index (χ3n) is 2.00. The molecule has 0 amide bonds. The number of hydrogen-bond acceptors (Lipinski definition) is 2. The molecule has 78 valence electrons. The Balaban J connectivity index is 2.89. The minimum Gasteiger partial charge on any atom is -0.330 e. The van der Waals surface area contributed by atoms with Crippen LogP contribution in [-0.2, 0) is 6.18 Å². The molecule has 0 unspecified atom stereocenters. The Morgan fingerprint density at radius 2 is 2.07 bits per heavy atom. The second-order valence-electron chi connectivity index (χ2n) is 3.11. The lowest BCUT2D eigenvalue weighted by Gasteiger charge is -2.10. The first-order chi connectivity index (χ1) is 6.45. The van der Waals surface area contributed by atoms with Crippen LogP contribution in [0.1, 0.15) is 24.1 Å². The van der Waals surface area contributed by atoms with E-state index in [0.29, 0.717) is 6.54 Å². The van der Waals surface area contributed by atoms with Gasteiger partial charge in [0.2, 0.25) is 0 Å². The van der Waals surface area contributed by atoms with Crippen molar-refractivity contribution in [2.45, 2.75) is 19.0 Å². The Labute approximate surface area is 79.9 Å². The molecule has 0 saturated carbocycles. The van der Waals surface area contributed by atoms with Crippen molar-refractivity contribution in [2.24, 2.45) is 5.73 Å². The molecule has 0 fully saturated rings. The van der Waals surface area contributed by atoms with Crippen molar-refractivity contribution in [3.8, 4) is 0 Å². The van der Waals surface area contributed by atoms with E-state index in [1.807, 2.05) is 6.92 Å². The first-order valence-electron chi connectivity index (χ1n) is 4.18. The van der Waals surface area contributed by atoms with Gasteiger partial charge >= 0.3 is 6.18 Å². The van der Waals surface area contributed by atoms with Gasteiger partial charge in [0.1, 0.15) is 5.69 Å². The second-order valence-corrected chi connectivity index (χ2v) is 3.11. The summed E-state index contributed by atoms with van der Waals surface area (Å²) >= 11 is 0. The maximum atomic E-state index is 12.1. The van der Waals surface area contributed by atoms with Crippen molar-refractivity contribution in [1.82, 2.24) is 4.98 Å². The smallest absolute Gasteiger partial charge is 0.330 e. The van der Waals surface area contributed by atoms with Crippen LogP contribution in [0.2, 0.25) is 0 Å². The topological polar surface area (TPSA) is 38.9 Å². The minimum absolute atomic E-state index is 0.0322. The fourth-order valence-electron chi connectivity index (χ4n) is 1.00. The van der Waals surface area contributed by atoms with E-state index in [2.05, 4.69) is 4.98 Å². The van der Waals surface area contributed by atoms with E-state index in [0.717, 1.165) is 11.6 Å². The van der Waals surface area contributed by atoms with E-state index >= 15 is 0 Å². The molecule has 0 aliphatic rings. The molecule has 2 nitrogen and oxygen atoms in total. The largest absolute Gasteiger partial charge is 0.433 e. The number of rotatable bonds is 2. The molecule has 0 aliphatic carbocycles. The maximum absolute atomic E-state index is 12.1. The Bertz CT molecular complexity index is 292. The Hall–Kier alpha value is -1.10. The van der Waals surface area contributed by atoms with Crippen LogP contribution in [0.25, 0.3) is 0 Å². The van der Waals surface area contributed by atoms with Gasteiger partial charge in [-0.15, -0.1) is 0 Å². The van der Waals surface area contributed by atoms with Crippen molar-refractivity contribution in [3.05, 3.63) is 29.6 Å². The summed E-state index contributed by atoms with van der Waals surface area (Å²) in [5.41, 5.74) is 5.23. The van der Waals surface area contributed by atoms with Gasteiger partial charge in [-0.25, -0.2) is 0 Å². The summed E-state index contributed by atoms with van der Waals surface area (Å²) in [7, 11) is 0. The molecule has 1 aromatic rings. The highest BCUT2D eigenvalue weighted by Gasteiger charge is 2.32. The standard InChI is InChI=1S/C9H11F3N2/c1-6(4-13)7-2-3-8(14-5-7)9(10,11)12/h2-3,5-6H,4,13H2,1H3/t6-/m0/s1. The van der Waals surface area contributed by atoms with Gasteiger partial charge in [-0.1, -0.05) is 13.0 Å². The highest BCUT2D eigenvalue weighted by atomic mass is 19.4. The highest BCUT2D eigenvalue weighted by Crippen LogP contribution is 2.27. The van der Waals surface area contributed by atoms with Gasteiger partial charge in [0.05, 0.1) is 0 Å². The molecule has 1 aromatic heterocycles. The lowest BCUT2D eigenvalue weighted by molar-refractivity contribution is -0.141. The van der Waals surface area contributed by atoms with Crippen molar-refractivity contribution in [2.75, 3.05) is 6.54 Å². The van der Waals surface area contributed by atoms with Crippen LogP contribution >= 0.6 is 0 Å². The van der Waals surface area contributed by atoms with E-state index in [9.17, 15) is 13.2 Å². The molecular weight excluding hydrogens is 193 g/mol. The predicted octanol–water partition coefficient (Wildman–Crippen LogP) is 2.16. The number of nitrogens with two attached hydrogens (primary N) is 1. The molecule has 0 bridgehead atoms. The molecule has 0 aromatic carbocycles. The van der Waals surface area contributed by atoms with Crippen molar-refractivity contribution in [3.63, 3.8) is 0 Å². The predicted molar refractivity (Wildman–Crippen MR) is 46.7 cm³/mol. The van der Waals surface area contributed by atoms with Crippen LogP contribution in [0, 0.1) is 0 Å². The molecule has 1 atom stereocenters. The molecule has 0 spiro atoms. The average molecular weight is 204 g/mol. The van der Waals surface area contributed by atoms with Gasteiger partial charge < -0.3 is 5.73 Å². The van der Waals surface area contributed by atoms with Crippen molar-refractivity contribution < 1.29 is 13.2 Å². The molecule has 0 aliphatic heterocycles. The van der Waals surface area contributed by atoms with Crippen LogP contribution in [0.15, 0.2) is 18.3 Å². The van der Waals surface area contributed by atoms with E-state index in [1.165, 1.54) is 12.3 Å². The number of alkyl halides is 3. The van der Waals surface area contributed by atoms with E-state index < -0.39 is 11.9 Å². The third-order valence-corrected chi connectivity index (χ3v) is 2.00. The number of pyridine rings is 1. The summed E-state index contributed by atoms with van der Waals surface area (Å²) in [6.07, 6.45) is -3.15. The molecule has 0 saturated heterocycles. The minimum atomic E-state index is -4.37. The lowest BCUT2D eigenvalue weighted by Crippen LogP contribution is -2.11. The van der Waals surface area contributed by atoms with Gasteiger partial charge in [0.25, 0.3) is 0 Å². The number of halogens is 3. The zero-order valence-corrected chi connectivity index (χ0v) is 7.67. The number of hydrogen-bond donors (Lipinski definition) is 1. The normalized spacial score (nSPS) is 14.1. The zero-order chi connectivity index (χ0) is 10.8. The van der Waals surface area contributed by atoms with E-state index in [1.54, 1.807) is 0 Å².